The molecule has 1 aromatic rings. The molecule has 0 spiro atoms. The van der Waals surface area contributed by atoms with Crippen LogP contribution < -0.4 is 14.8 Å². The van der Waals surface area contributed by atoms with Gasteiger partial charge in [0, 0.05) is 12.6 Å². The zero-order valence-electron chi connectivity index (χ0n) is 13.2. The van der Waals surface area contributed by atoms with Gasteiger partial charge in [0.25, 0.3) is 5.91 Å². The van der Waals surface area contributed by atoms with E-state index in [2.05, 4.69) is 11.9 Å². The second-order valence-electron chi connectivity index (χ2n) is 4.97. The van der Waals surface area contributed by atoms with Gasteiger partial charge >= 0.3 is 5.97 Å². The number of hydrogen-bond acceptors (Lipinski definition) is 5. The van der Waals surface area contributed by atoms with Gasteiger partial charge in [0.1, 0.15) is 13.2 Å². The van der Waals surface area contributed by atoms with Gasteiger partial charge in [0.15, 0.2) is 17.6 Å². The molecule has 1 heterocycles. The second-order valence-corrected chi connectivity index (χ2v) is 5.38. The summed E-state index contributed by atoms with van der Waals surface area (Å²) >= 11 is 6.12. The van der Waals surface area contributed by atoms with Crippen LogP contribution >= 0.6 is 11.6 Å². The Morgan fingerprint density at radius 1 is 1.42 bits per heavy atom. The van der Waals surface area contributed by atoms with E-state index in [1.54, 1.807) is 12.1 Å². The summed E-state index contributed by atoms with van der Waals surface area (Å²) in [6, 6.07) is 3.36. The molecule has 1 atom stereocenters. The van der Waals surface area contributed by atoms with Crippen molar-refractivity contribution >= 4 is 29.6 Å². The first kappa shape index (κ1) is 17.9. The molecule has 6 nitrogen and oxygen atoms in total. The van der Waals surface area contributed by atoms with E-state index in [4.69, 9.17) is 25.8 Å². The van der Waals surface area contributed by atoms with Crippen molar-refractivity contribution < 1.29 is 23.8 Å². The fraction of sp³-hybridized carbons (Fsp3) is 0.294. The number of carbonyl (C=O) groups excluding carboxylic acids is 2. The van der Waals surface area contributed by atoms with Crippen LogP contribution in [0.5, 0.6) is 11.5 Å². The molecule has 0 bridgehead atoms. The first-order valence-corrected chi connectivity index (χ1v) is 7.75. The molecule has 1 N–H and O–H groups in total. The molecule has 1 aliphatic heterocycles. The molecule has 0 aromatic heterocycles. The van der Waals surface area contributed by atoms with Crippen LogP contribution in [-0.4, -0.2) is 37.7 Å². The molecule has 24 heavy (non-hydrogen) atoms. The van der Waals surface area contributed by atoms with E-state index in [9.17, 15) is 9.59 Å². The third-order valence-electron chi connectivity index (χ3n) is 3.11. The summed E-state index contributed by atoms with van der Waals surface area (Å²) in [5.41, 5.74) is 0.657. The Balaban J connectivity index is 1.97. The van der Waals surface area contributed by atoms with Crippen molar-refractivity contribution in [1.29, 1.82) is 0 Å². The van der Waals surface area contributed by atoms with Gasteiger partial charge in [0.2, 0.25) is 0 Å². The van der Waals surface area contributed by atoms with Crippen LogP contribution in [0, 0.1) is 0 Å². The number of rotatable bonds is 6. The Morgan fingerprint density at radius 3 is 2.92 bits per heavy atom. The van der Waals surface area contributed by atoms with Gasteiger partial charge in [-0.3, -0.25) is 4.79 Å². The summed E-state index contributed by atoms with van der Waals surface area (Å²) in [5.74, 6) is -0.00428. The van der Waals surface area contributed by atoms with E-state index >= 15 is 0 Å². The number of nitrogens with one attached hydrogen (secondary N) is 1. The molecule has 0 radical (unpaired) electrons. The number of esters is 1. The van der Waals surface area contributed by atoms with E-state index in [1.165, 1.54) is 25.2 Å². The maximum atomic E-state index is 11.8. The van der Waals surface area contributed by atoms with Gasteiger partial charge < -0.3 is 19.5 Å². The standard InChI is InChI=1S/C17H18ClNO5/c1-3-6-19-17(21)11(2)24-15(20)5-4-12-9-13(18)16-14(10-12)22-7-8-23-16/h3-5,9-11H,1,6-8H2,2H3,(H,19,21)/b5-4+/t11-/m0/s1. The SMILES string of the molecule is C=CCNC(=O)[C@H](C)OC(=O)/C=C/c1cc(Cl)c2c(c1)OCCO2. The maximum absolute atomic E-state index is 11.8. The molecule has 1 aromatic carbocycles. The highest BCUT2D eigenvalue weighted by Gasteiger charge is 2.17. The topological polar surface area (TPSA) is 73.9 Å². The largest absolute Gasteiger partial charge is 0.486 e. The van der Waals surface area contributed by atoms with Gasteiger partial charge in [0.05, 0.1) is 5.02 Å². The van der Waals surface area contributed by atoms with Crippen molar-refractivity contribution in [3.63, 3.8) is 0 Å². The lowest BCUT2D eigenvalue weighted by Gasteiger charge is -2.19. The van der Waals surface area contributed by atoms with Crippen molar-refractivity contribution in [3.05, 3.63) is 41.4 Å². The van der Waals surface area contributed by atoms with E-state index in [0.29, 0.717) is 41.8 Å². The molecule has 0 aliphatic carbocycles. The molecule has 0 unspecified atom stereocenters. The number of benzene rings is 1. The molecule has 1 amide bonds. The van der Waals surface area contributed by atoms with Crippen LogP contribution in [0.1, 0.15) is 12.5 Å². The highest BCUT2D eigenvalue weighted by molar-refractivity contribution is 6.32. The third-order valence-corrected chi connectivity index (χ3v) is 3.39. The van der Waals surface area contributed by atoms with E-state index in [0.717, 1.165) is 0 Å². The maximum Gasteiger partial charge on any atom is 0.331 e. The molecule has 0 fully saturated rings. The van der Waals surface area contributed by atoms with E-state index in [-0.39, 0.29) is 5.91 Å². The summed E-state index contributed by atoms with van der Waals surface area (Å²) < 4.78 is 15.9. The summed E-state index contributed by atoms with van der Waals surface area (Å²) in [6.07, 6.45) is 3.39. The number of hydrogen-bond donors (Lipinski definition) is 1. The lowest BCUT2D eigenvalue weighted by Crippen LogP contribution is -2.35. The van der Waals surface area contributed by atoms with Crippen LogP contribution in [0.3, 0.4) is 0 Å². The number of fused-ring (bicyclic) bond motifs is 1. The zero-order chi connectivity index (χ0) is 17.5. The number of carbonyl (C=O) groups is 2. The quantitative estimate of drug-likeness (QED) is 0.484. The van der Waals surface area contributed by atoms with Crippen molar-refractivity contribution in [2.24, 2.45) is 0 Å². The molecule has 0 saturated carbocycles. The zero-order valence-corrected chi connectivity index (χ0v) is 14.0. The Labute approximate surface area is 145 Å². The second kappa shape index (κ2) is 8.40. The molecule has 7 heteroatoms. The van der Waals surface area contributed by atoms with Crippen molar-refractivity contribution in [2.45, 2.75) is 13.0 Å². The van der Waals surface area contributed by atoms with Crippen LogP contribution in [0.15, 0.2) is 30.9 Å². The van der Waals surface area contributed by atoms with E-state index < -0.39 is 12.1 Å². The van der Waals surface area contributed by atoms with Crippen LogP contribution in [0.4, 0.5) is 0 Å². The average molecular weight is 352 g/mol. The molecule has 0 saturated heterocycles. The third kappa shape index (κ3) is 4.76. The first-order chi connectivity index (χ1) is 11.5. The monoisotopic (exact) mass is 351 g/mol. The Morgan fingerprint density at radius 2 is 2.17 bits per heavy atom. The van der Waals surface area contributed by atoms with Crippen LogP contribution in [0.2, 0.25) is 5.02 Å². The van der Waals surface area contributed by atoms with E-state index in [1.807, 2.05) is 0 Å². The fourth-order valence-electron chi connectivity index (χ4n) is 1.97. The van der Waals surface area contributed by atoms with Crippen molar-refractivity contribution in [3.8, 4) is 11.5 Å². The molecule has 1 aliphatic rings. The number of amides is 1. The Kier molecular flexibility index (Phi) is 6.26. The number of halogens is 1. The van der Waals surface area contributed by atoms with Gasteiger partial charge in [-0.2, -0.15) is 0 Å². The lowest BCUT2D eigenvalue weighted by atomic mass is 10.2. The van der Waals surface area contributed by atoms with Gasteiger partial charge in [-0.05, 0) is 30.7 Å². The van der Waals surface area contributed by atoms with Crippen LogP contribution in [0.25, 0.3) is 6.08 Å². The number of ether oxygens (including phenoxy) is 3. The summed E-state index contributed by atoms with van der Waals surface area (Å²) in [7, 11) is 0. The minimum Gasteiger partial charge on any atom is -0.486 e. The highest BCUT2D eigenvalue weighted by Crippen LogP contribution is 2.38. The normalized spacial score (nSPS) is 14.1. The Bertz CT molecular complexity index is 671. The van der Waals surface area contributed by atoms with Crippen molar-refractivity contribution in [2.75, 3.05) is 19.8 Å². The highest BCUT2D eigenvalue weighted by atomic mass is 35.5. The predicted molar refractivity (Wildman–Crippen MR) is 90.2 cm³/mol. The summed E-state index contributed by atoms with van der Waals surface area (Å²) in [4.78, 5) is 23.4. The lowest BCUT2D eigenvalue weighted by molar-refractivity contribution is -0.150. The van der Waals surface area contributed by atoms with Gasteiger partial charge in [-0.15, -0.1) is 6.58 Å². The fourth-order valence-corrected chi connectivity index (χ4v) is 2.25. The summed E-state index contributed by atoms with van der Waals surface area (Å²) in [6.45, 7) is 6.18. The summed E-state index contributed by atoms with van der Waals surface area (Å²) in [5, 5.41) is 2.95. The predicted octanol–water partition coefficient (Wildman–Crippen LogP) is 2.36. The average Bonchev–Trinajstić information content (AvgIpc) is 2.57. The van der Waals surface area contributed by atoms with Crippen molar-refractivity contribution in [1.82, 2.24) is 5.32 Å². The van der Waals surface area contributed by atoms with Gasteiger partial charge in [-0.1, -0.05) is 17.7 Å². The first-order valence-electron chi connectivity index (χ1n) is 7.37. The molecule has 2 rings (SSSR count). The smallest absolute Gasteiger partial charge is 0.331 e. The van der Waals surface area contributed by atoms with Gasteiger partial charge in [-0.25, -0.2) is 4.79 Å². The minimum atomic E-state index is -0.897. The molecular weight excluding hydrogens is 334 g/mol. The molecular formula is C17H18ClNO5. The minimum absolute atomic E-state index is 0.312. The molecule has 128 valence electrons. The van der Waals surface area contributed by atoms with Crippen LogP contribution in [-0.2, 0) is 14.3 Å². The Hall–Kier alpha value is -2.47.